The third kappa shape index (κ3) is 4.57. The molecule has 6 rings (SSSR count). The van der Waals surface area contributed by atoms with Gasteiger partial charge in [0.25, 0.3) is 5.56 Å². The van der Waals surface area contributed by atoms with Gasteiger partial charge in [0.05, 0.1) is 23.4 Å². The Labute approximate surface area is 223 Å². The molecule has 10 nitrogen and oxygen atoms in total. The molecule has 0 radical (unpaired) electrons. The second-order valence-corrected chi connectivity index (χ2v) is 10.7. The number of thiazole rings is 1. The van der Waals surface area contributed by atoms with Gasteiger partial charge in [0.15, 0.2) is 11.0 Å². The fraction of sp³-hybridized carbons (Fsp3) is 0.370. The molecular formula is C27H30N8O2S. The molecule has 3 aromatic heterocycles. The lowest BCUT2D eigenvalue weighted by Gasteiger charge is -2.38. The Kier molecular flexibility index (Phi) is 6.64. The third-order valence-electron chi connectivity index (χ3n) is 7.18. The Morgan fingerprint density at radius 1 is 1.11 bits per heavy atom. The van der Waals surface area contributed by atoms with E-state index in [1.165, 1.54) is 4.70 Å². The number of para-hydroxylation sites is 1. The largest absolute Gasteiger partial charge is 0.383 e. The highest BCUT2D eigenvalue weighted by Crippen LogP contribution is 2.32. The number of aromatic nitrogens is 6. The molecule has 38 heavy (non-hydrogen) atoms. The van der Waals surface area contributed by atoms with Crippen LogP contribution in [0.5, 0.6) is 0 Å². The quantitative estimate of drug-likeness (QED) is 0.342. The molecule has 1 atom stereocenters. The zero-order chi connectivity index (χ0) is 26.2. The lowest BCUT2D eigenvalue weighted by atomic mass is 9.99. The summed E-state index contributed by atoms with van der Waals surface area (Å²) in [7, 11) is 1.65. The maximum atomic E-state index is 13.5. The monoisotopic (exact) mass is 530 g/mol. The van der Waals surface area contributed by atoms with Gasteiger partial charge >= 0.3 is 0 Å². The number of pyridine rings is 1. The van der Waals surface area contributed by atoms with Crippen molar-refractivity contribution in [3.8, 4) is 0 Å². The molecule has 1 aliphatic heterocycles. The number of ether oxygens (including phenoxy) is 1. The second kappa shape index (κ2) is 10.2. The van der Waals surface area contributed by atoms with Crippen LogP contribution >= 0.6 is 11.3 Å². The topological polar surface area (TPSA) is 105 Å². The van der Waals surface area contributed by atoms with Crippen LogP contribution in [0.4, 0.5) is 5.13 Å². The molecule has 1 fully saturated rings. The van der Waals surface area contributed by atoms with Crippen molar-refractivity contribution in [2.45, 2.75) is 26.4 Å². The fourth-order valence-corrected chi connectivity index (χ4v) is 6.32. The lowest BCUT2D eigenvalue weighted by molar-refractivity contribution is 0.171. The van der Waals surface area contributed by atoms with Gasteiger partial charge in [-0.25, -0.2) is 9.67 Å². The van der Waals surface area contributed by atoms with E-state index >= 15 is 0 Å². The third-order valence-corrected chi connectivity index (χ3v) is 8.28. The van der Waals surface area contributed by atoms with Gasteiger partial charge in [0, 0.05) is 49.8 Å². The van der Waals surface area contributed by atoms with Gasteiger partial charge < -0.3 is 14.6 Å². The number of nitrogens with zero attached hydrogens (tertiary/aromatic N) is 7. The summed E-state index contributed by atoms with van der Waals surface area (Å²) >= 11 is 1.72. The van der Waals surface area contributed by atoms with E-state index in [1.807, 2.05) is 31.2 Å². The molecule has 5 aromatic rings. The SMILES string of the molecule is COCCn1nnnc1[C@H](c1cc2c(C)cc(C)cc2[nH]c1=O)N1CCN(c2nc3ccccc3s2)CC1. The minimum atomic E-state index is -0.395. The number of nitrogens with one attached hydrogen (secondary N) is 1. The van der Waals surface area contributed by atoms with E-state index in [-0.39, 0.29) is 5.56 Å². The van der Waals surface area contributed by atoms with Crippen LogP contribution in [0, 0.1) is 13.8 Å². The number of aryl methyl sites for hydroxylation is 2. The molecule has 1 aliphatic rings. The van der Waals surface area contributed by atoms with E-state index in [0.717, 1.165) is 58.9 Å². The molecule has 0 aliphatic carbocycles. The average Bonchev–Trinajstić information content (AvgIpc) is 3.56. The van der Waals surface area contributed by atoms with Crippen molar-refractivity contribution in [3.63, 3.8) is 0 Å². The fourth-order valence-electron chi connectivity index (χ4n) is 5.30. The van der Waals surface area contributed by atoms with E-state index in [4.69, 9.17) is 9.72 Å². The van der Waals surface area contributed by atoms with Gasteiger partial charge in [0.2, 0.25) is 0 Å². The molecule has 0 spiro atoms. The van der Waals surface area contributed by atoms with Crippen LogP contribution in [0.15, 0.2) is 47.3 Å². The number of anilines is 1. The van der Waals surface area contributed by atoms with Gasteiger partial charge in [-0.1, -0.05) is 29.5 Å². The van der Waals surface area contributed by atoms with Crippen LogP contribution in [-0.4, -0.2) is 75.0 Å². The molecule has 0 bridgehead atoms. The highest BCUT2D eigenvalue weighted by atomic mass is 32.1. The number of hydrogen-bond donors (Lipinski definition) is 1. The highest BCUT2D eigenvalue weighted by molar-refractivity contribution is 7.22. The first-order valence-electron chi connectivity index (χ1n) is 12.8. The maximum Gasteiger partial charge on any atom is 0.253 e. The first kappa shape index (κ1) is 24.7. The highest BCUT2D eigenvalue weighted by Gasteiger charge is 2.33. The van der Waals surface area contributed by atoms with Crippen LogP contribution in [0.3, 0.4) is 0 Å². The summed E-state index contributed by atoms with van der Waals surface area (Å²) < 4.78 is 8.23. The minimum Gasteiger partial charge on any atom is -0.383 e. The normalized spacial score (nSPS) is 15.5. The number of benzene rings is 2. The first-order chi connectivity index (χ1) is 18.5. The van der Waals surface area contributed by atoms with Crippen molar-refractivity contribution in [3.05, 3.63) is 75.3 Å². The number of piperazine rings is 1. The van der Waals surface area contributed by atoms with Crippen molar-refractivity contribution in [1.82, 2.24) is 35.1 Å². The molecule has 11 heteroatoms. The second-order valence-electron chi connectivity index (χ2n) is 9.74. The molecule has 0 unspecified atom stereocenters. The van der Waals surface area contributed by atoms with Gasteiger partial charge in [-0.05, 0) is 59.7 Å². The number of H-pyrrole nitrogens is 1. The molecule has 1 saturated heterocycles. The predicted octanol–water partition coefficient (Wildman–Crippen LogP) is 3.30. The number of aromatic amines is 1. The van der Waals surface area contributed by atoms with E-state index in [2.05, 4.69) is 55.4 Å². The smallest absolute Gasteiger partial charge is 0.253 e. The van der Waals surface area contributed by atoms with Crippen LogP contribution in [0.2, 0.25) is 0 Å². The van der Waals surface area contributed by atoms with Crippen molar-refractivity contribution < 1.29 is 4.74 Å². The van der Waals surface area contributed by atoms with E-state index in [0.29, 0.717) is 24.5 Å². The number of hydrogen-bond acceptors (Lipinski definition) is 9. The van der Waals surface area contributed by atoms with Crippen molar-refractivity contribution in [1.29, 1.82) is 0 Å². The Hall–Kier alpha value is -3.67. The zero-order valence-electron chi connectivity index (χ0n) is 21.7. The number of fused-ring (bicyclic) bond motifs is 2. The van der Waals surface area contributed by atoms with Gasteiger partial charge in [-0.3, -0.25) is 9.69 Å². The van der Waals surface area contributed by atoms with Gasteiger partial charge in [-0.2, -0.15) is 0 Å². The summed E-state index contributed by atoms with van der Waals surface area (Å²) in [5.41, 5.74) is 4.63. The van der Waals surface area contributed by atoms with E-state index in [1.54, 1.807) is 23.1 Å². The minimum absolute atomic E-state index is 0.123. The van der Waals surface area contributed by atoms with Crippen molar-refractivity contribution in [2.24, 2.45) is 0 Å². The maximum absolute atomic E-state index is 13.5. The molecule has 196 valence electrons. The summed E-state index contributed by atoms with van der Waals surface area (Å²) in [6.07, 6.45) is 0. The zero-order valence-corrected chi connectivity index (χ0v) is 22.5. The standard InChI is InChI=1S/C27H30N8O2S/c1-17-14-18(2)19-16-20(26(36)28-22(19)15-17)24(25-30-31-32-35(25)12-13-37-3)33-8-10-34(11-9-33)27-29-21-6-4-5-7-23(21)38-27/h4-7,14-16,24H,8-13H2,1-3H3,(H,28,36)/t24-/m0/s1. The lowest BCUT2D eigenvalue weighted by Crippen LogP contribution is -2.49. The van der Waals surface area contributed by atoms with Gasteiger partial charge in [0.1, 0.15) is 6.04 Å². The number of rotatable bonds is 7. The molecule has 2 aromatic carbocycles. The van der Waals surface area contributed by atoms with Crippen LogP contribution in [0.1, 0.15) is 28.6 Å². The Balaban J connectivity index is 1.37. The molecular weight excluding hydrogens is 500 g/mol. The van der Waals surface area contributed by atoms with Gasteiger partial charge in [-0.15, -0.1) is 5.10 Å². The van der Waals surface area contributed by atoms with Crippen LogP contribution < -0.4 is 10.5 Å². The molecule has 4 heterocycles. The van der Waals surface area contributed by atoms with Crippen molar-refractivity contribution in [2.75, 3.05) is 44.8 Å². The van der Waals surface area contributed by atoms with E-state index < -0.39 is 6.04 Å². The summed E-state index contributed by atoms with van der Waals surface area (Å²) in [5.74, 6) is 0.644. The Bertz CT molecular complexity index is 1620. The predicted molar refractivity (Wildman–Crippen MR) is 149 cm³/mol. The number of tetrazole rings is 1. The first-order valence-corrected chi connectivity index (χ1v) is 13.6. The molecule has 0 saturated carbocycles. The average molecular weight is 531 g/mol. The summed E-state index contributed by atoms with van der Waals surface area (Å²) in [4.78, 5) is 26.1. The number of methoxy groups -OCH3 is 1. The summed E-state index contributed by atoms with van der Waals surface area (Å²) in [5, 5.41) is 14.7. The van der Waals surface area contributed by atoms with Crippen molar-refractivity contribution >= 4 is 37.6 Å². The summed E-state index contributed by atoms with van der Waals surface area (Å²) in [6, 6.07) is 14.0. The van der Waals surface area contributed by atoms with Crippen LogP contribution in [0.25, 0.3) is 21.1 Å². The Morgan fingerprint density at radius 3 is 2.71 bits per heavy atom. The van der Waals surface area contributed by atoms with E-state index in [9.17, 15) is 4.79 Å². The Morgan fingerprint density at radius 2 is 1.92 bits per heavy atom. The molecule has 1 N–H and O–H groups in total. The summed E-state index contributed by atoms with van der Waals surface area (Å²) in [6.45, 7) is 8.15. The molecule has 0 amide bonds. The van der Waals surface area contributed by atoms with Crippen LogP contribution in [-0.2, 0) is 11.3 Å².